The number of ether oxygens (including phenoxy) is 1. The Labute approximate surface area is 224 Å². The fraction of sp³-hybridized carbons (Fsp3) is 0.188. The van der Waals surface area contributed by atoms with Crippen LogP contribution in [-0.2, 0) is 22.4 Å². The number of nitrogens with one attached hydrogen (secondary N) is 3. The van der Waals surface area contributed by atoms with Gasteiger partial charge in [-0.3, -0.25) is 9.59 Å². The van der Waals surface area contributed by atoms with E-state index in [-0.39, 0.29) is 18.4 Å². The summed E-state index contributed by atoms with van der Waals surface area (Å²) >= 11 is 0. The summed E-state index contributed by atoms with van der Waals surface area (Å²) in [4.78, 5) is 25.0. The second-order valence-electron chi connectivity index (χ2n) is 8.95. The van der Waals surface area contributed by atoms with Gasteiger partial charge >= 0.3 is 0 Å². The van der Waals surface area contributed by atoms with Crippen LogP contribution in [-0.4, -0.2) is 25.0 Å². The van der Waals surface area contributed by atoms with Crippen molar-refractivity contribution in [3.05, 3.63) is 120 Å². The molecule has 0 bridgehead atoms. The maximum atomic E-state index is 12.6. The minimum atomic E-state index is -0.198. The Kier molecular flexibility index (Phi) is 9.92. The molecule has 4 rings (SSSR count). The Balaban J connectivity index is 1.21. The summed E-state index contributed by atoms with van der Waals surface area (Å²) in [7, 11) is 0. The second-order valence-corrected chi connectivity index (χ2v) is 8.95. The highest BCUT2D eigenvalue weighted by Gasteiger charge is 2.08. The first kappa shape index (κ1) is 26.5. The summed E-state index contributed by atoms with van der Waals surface area (Å²) < 4.78 is 5.98. The molecular weight excluding hydrogens is 474 g/mol. The van der Waals surface area contributed by atoms with Crippen LogP contribution < -0.4 is 20.7 Å². The summed E-state index contributed by atoms with van der Waals surface area (Å²) in [5, 5.41) is 8.95. The van der Waals surface area contributed by atoms with Gasteiger partial charge in [-0.05, 0) is 60.7 Å². The van der Waals surface area contributed by atoms with Crippen molar-refractivity contribution < 1.29 is 14.3 Å². The molecule has 0 saturated heterocycles. The first-order chi connectivity index (χ1) is 18.7. The maximum Gasteiger partial charge on any atom is 0.243 e. The summed E-state index contributed by atoms with van der Waals surface area (Å²) in [5.74, 6) is 0.449. The van der Waals surface area contributed by atoms with E-state index in [4.69, 9.17) is 4.74 Å². The topological polar surface area (TPSA) is 79.5 Å². The number of rotatable bonds is 13. The van der Waals surface area contributed by atoms with Gasteiger partial charge in [0.2, 0.25) is 11.8 Å². The van der Waals surface area contributed by atoms with E-state index in [0.717, 1.165) is 24.1 Å². The average Bonchev–Trinajstić information content (AvgIpc) is 2.95. The lowest BCUT2D eigenvalue weighted by Crippen LogP contribution is -2.22. The van der Waals surface area contributed by atoms with Crippen molar-refractivity contribution in [2.45, 2.75) is 25.7 Å². The number of amides is 2. The number of hydrogen-bond acceptors (Lipinski definition) is 4. The number of anilines is 3. The van der Waals surface area contributed by atoms with Crippen LogP contribution in [0.3, 0.4) is 0 Å². The molecule has 6 nitrogen and oxygen atoms in total. The Hall–Kier alpha value is -4.58. The van der Waals surface area contributed by atoms with Crippen LogP contribution in [0.5, 0.6) is 5.75 Å². The van der Waals surface area contributed by atoms with E-state index < -0.39 is 0 Å². The molecule has 0 aliphatic rings. The van der Waals surface area contributed by atoms with E-state index in [0.29, 0.717) is 36.6 Å². The fourth-order valence-electron chi connectivity index (χ4n) is 4.02. The molecule has 0 spiro atoms. The molecular formula is C32H33N3O3. The number of para-hydroxylation sites is 2. The highest BCUT2D eigenvalue weighted by Crippen LogP contribution is 2.24. The van der Waals surface area contributed by atoms with E-state index in [1.807, 2.05) is 72.8 Å². The minimum Gasteiger partial charge on any atom is -0.491 e. The number of hydrogen-bond donors (Lipinski definition) is 3. The van der Waals surface area contributed by atoms with Gasteiger partial charge in [-0.25, -0.2) is 0 Å². The third kappa shape index (κ3) is 8.82. The summed E-state index contributed by atoms with van der Waals surface area (Å²) in [6.07, 6.45) is 2.91. The monoisotopic (exact) mass is 507 g/mol. The van der Waals surface area contributed by atoms with Crippen LogP contribution >= 0.6 is 0 Å². The van der Waals surface area contributed by atoms with Crippen LogP contribution in [0.25, 0.3) is 0 Å². The number of benzene rings is 4. The number of aryl methyl sites for hydroxylation is 2. The van der Waals surface area contributed by atoms with Gasteiger partial charge < -0.3 is 20.7 Å². The zero-order valence-electron chi connectivity index (χ0n) is 21.4. The smallest absolute Gasteiger partial charge is 0.243 e. The quantitative estimate of drug-likeness (QED) is 0.185. The number of carbonyl (C=O) groups excluding carboxylic acids is 2. The molecule has 4 aromatic carbocycles. The predicted molar refractivity (Wildman–Crippen MR) is 154 cm³/mol. The van der Waals surface area contributed by atoms with Crippen molar-refractivity contribution in [1.82, 2.24) is 0 Å². The van der Waals surface area contributed by atoms with Gasteiger partial charge in [-0.15, -0.1) is 0 Å². The Bertz CT molecular complexity index is 1310. The van der Waals surface area contributed by atoms with E-state index in [2.05, 4.69) is 28.1 Å². The SMILES string of the molecule is O=C(CCc1ccccc1)Nc1cccc(NC(=O)CNc2ccccc2OCCCc2ccccc2)c1. The van der Waals surface area contributed by atoms with Crippen molar-refractivity contribution in [2.75, 3.05) is 29.1 Å². The van der Waals surface area contributed by atoms with Crippen molar-refractivity contribution in [2.24, 2.45) is 0 Å². The van der Waals surface area contributed by atoms with Crippen molar-refractivity contribution in [1.29, 1.82) is 0 Å². The molecule has 0 unspecified atom stereocenters. The molecule has 2 amide bonds. The molecule has 0 radical (unpaired) electrons. The molecule has 0 heterocycles. The van der Waals surface area contributed by atoms with Gasteiger partial charge in [-0.2, -0.15) is 0 Å². The molecule has 38 heavy (non-hydrogen) atoms. The lowest BCUT2D eigenvalue weighted by atomic mass is 10.1. The molecule has 0 saturated carbocycles. The van der Waals surface area contributed by atoms with Crippen LogP contribution in [0.4, 0.5) is 17.1 Å². The van der Waals surface area contributed by atoms with Gasteiger partial charge in [0.25, 0.3) is 0 Å². The highest BCUT2D eigenvalue weighted by atomic mass is 16.5. The third-order valence-electron chi connectivity index (χ3n) is 5.95. The Morgan fingerprint density at radius 1 is 0.632 bits per heavy atom. The van der Waals surface area contributed by atoms with Crippen LogP contribution in [0.1, 0.15) is 24.0 Å². The van der Waals surface area contributed by atoms with Gasteiger partial charge in [0.05, 0.1) is 18.8 Å². The zero-order valence-corrected chi connectivity index (χ0v) is 21.4. The molecule has 0 fully saturated rings. The van der Waals surface area contributed by atoms with Gasteiger partial charge in [-0.1, -0.05) is 78.9 Å². The predicted octanol–water partition coefficient (Wildman–Crippen LogP) is 6.32. The summed E-state index contributed by atoms with van der Waals surface area (Å²) in [6.45, 7) is 0.668. The number of carbonyl (C=O) groups is 2. The van der Waals surface area contributed by atoms with Gasteiger partial charge in [0, 0.05) is 17.8 Å². The molecule has 6 heteroatoms. The largest absolute Gasteiger partial charge is 0.491 e. The Morgan fingerprint density at radius 3 is 1.95 bits per heavy atom. The lowest BCUT2D eigenvalue weighted by Gasteiger charge is -2.14. The third-order valence-corrected chi connectivity index (χ3v) is 5.95. The molecule has 0 atom stereocenters. The lowest BCUT2D eigenvalue weighted by molar-refractivity contribution is -0.116. The Morgan fingerprint density at radius 2 is 1.24 bits per heavy atom. The van der Waals surface area contributed by atoms with E-state index in [1.54, 1.807) is 24.3 Å². The van der Waals surface area contributed by atoms with E-state index >= 15 is 0 Å². The van der Waals surface area contributed by atoms with Crippen LogP contribution in [0, 0.1) is 0 Å². The first-order valence-corrected chi connectivity index (χ1v) is 12.9. The van der Waals surface area contributed by atoms with Crippen molar-refractivity contribution in [3.8, 4) is 5.75 Å². The highest BCUT2D eigenvalue weighted by molar-refractivity contribution is 5.96. The molecule has 4 aromatic rings. The average molecular weight is 508 g/mol. The summed E-state index contributed by atoms with van der Waals surface area (Å²) in [6, 6.07) is 35.0. The molecule has 0 aliphatic carbocycles. The molecule has 194 valence electrons. The first-order valence-electron chi connectivity index (χ1n) is 12.9. The second kappa shape index (κ2) is 14.2. The summed E-state index contributed by atoms with van der Waals surface area (Å²) in [5.41, 5.74) is 4.43. The van der Waals surface area contributed by atoms with Crippen molar-refractivity contribution >= 4 is 28.9 Å². The standard InChI is InChI=1S/C32H33N3O3/c36-31(21-20-26-13-5-2-6-14-26)34-27-16-9-17-28(23-27)35-32(37)24-33-29-18-7-8-19-30(29)38-22-10-15-25-11-3-1-4-12-25/h1-9,11-14,16-19,23,33H,10,15,20-22,24H2,(H,34,36)(H,35,37). The van der Waals surface area contributed by atoms with Crippen LogP contribution in [0.15, 0.2) is 109 Å². The van der Waals surface area contributed by atoms with Crippen LogP contribution in [0.2, 0.25) is 0 Å². The van der Waals surface area contributed by atoms with E-state index in [1.165, 1.54) is 5.56 Å². The van der Waals surface area contributed by atoms with Gasteiger partial charge in [0.15, 0.2) is 0 Å². The normalized spacial score (nSPS) is 10.4. The molecule has 3 N–H and O–H groups in total. The molecule has 0 aliphatic heterocycles. The molecule has 0 aromatic heterocycles. The fourth-order valence-corrected chi connectivity index (χ4v) is 4.02. The zero-order chi connectivity index (χ0) is 26.4. The maximum absolute atomic E-state index is 12.6. The van der Waals surface area contributed by atoms with Gasteiger partial charge in [0.1, 0.15) is 5.75 Å². The minimum absolute atomic E-state index is 0.0700. The van der Waals surface area contributed by atoms with Crippen molar-refractivity contribution in [3.63, 3.8) is 0 Å². The van der Waals surface area contributed by atoms with E-state index in [9.17, 15) is 9.59 Å².